The first-order valence-corrected chi connectivity index (χ1v) is 7.44. The summed E-state index contributed by atoms with van der Waals surface area (Å²) in [6.45, 7) is 4.61. The molecule has 4 nitrogen and oxygen atoms in total. The van der Waals surface area contributed by atoms with Gasteiger partial charge < -0.3 is 10.4 Å². The number of carboxylic acid groups (broad SMARTS) is 1. The van der Waals surface area contributed by atoms with Gasteiger partial charge in [0.05, 0.1) is 0 Å². The number of benzene rings is 1. The molecule has 1 aromatic carbocycles. The monoisotopic (exact) mass is 274 g/mol. The maximum absolute atomic E-state index is 11.6. The number of aliphatic carboxylic acids is 1. The van der Waals surface area contributed by atoms with Crippen molar-refractivity contribution in [3.8, 4) is 0 Å². The largest absolute Gasteiger partial charge is 0.480 e. The van der Waals surface area contributed by atoms with Crippen molar-refractivity contribution >= 4 is 5.97 Å². The molecule has 1 aliphatic carbocycles. The van der Waals surface area contributed by atoms with E-state index in [9.17, 15) is 9.90 Å². The van der Waals surface area contributed by atoms with Crippen molar-refractivity contribution in [3.63, 3.8) is 0 Å². The Morgan fingerprint density at radius 3 is 2.60 bits per heavy atom. The summed E-state index contributed by atoms with van der Waals surface area (Å²) in [7, 11) is 0. The van der Waals surface area contributed by atoms with Crippen LogP contribution in [0, 0.1) is 0 Å². The lowest BCUT2D eigenvalue weighted by Crippen LogP contribution is -2.51. The summed E-state index contributed by atoms with van der Waals surface area (Å²) in [6.07, 6.45) is 2.41. The quantitative estimate of drug-likeness (QED) is 0.881. The first-order chi connectivity index (χ1) is 9.64. The van der Waals surface area contributed by atoms with E-state index >= 15 is 0 Å². The predicted molar refractivity (Wildman–Crippen MR) is 77.4 cm³/mol. The van der Waals surface area contributed by atoms with Gasteiger partial charge in [-0.05, 0) is 36.9 Å². The van der Waals surface area contributed by atoms with Crippen LogP contribution < -0.4 is 5.32 Å². The Bertz CT molecular complexity index is 492. The van der Waals surface area contributed by atoms with Gasteiger partial charge in [0.15, 0.2) is 0 Å². The molecule has 2 N–H and O–H groups in total. The summed E-state index contributed by atoms with van der Waals surface area (Å²) in [5, 5.41) is 12.8. The van der Waals surface area contributed by atoms with E-state index < -0.39 is 11.5 Å². The van der Waals surface area contributed by atoms with E-state index in [4.69, 9.17) is 0 Å². The fourth-order valence-electron chi connectivity index (χ4n) is 3.72. The smallest absolute Gasteiger partial charge is 0.323 e. The molecule has 2 unspecified atom stereocenters. The lowest BCUT2D eigenvalue weighted by molar-refractivity contribution is -0.144. The molecule has 4 heteroatoms. The van der Waals surface area contributed by atoms with E-state index in [1.54, 1.807) is 0 Å². The topological polar surface area (TPSA) is 52.6 Å². The molecule has 2 atom stereocenters. The fraction of sp³-hybridized carbons (Fsp3) is 0.562. The Balaban J connectivity index is 1.71. The Morgan fingerprint density at radius 1 is 1.40 bits per heavy atom. The van der Waals surface area contributed by atoms with E-state index in [-0.39, 0.29) is 0 Å². The average molecular weight is 274 g/mol. The van der Waals surface area contributed by atoms with Gasteiger partial charge in [-0.2, -0.15) is 0 Å². The van der Waals surface area contributed by atoms with Crippen molar-refractivity contribution in [2.45, 2.75) is 50.9 Å². The number of hydrogen-bond acceptors (Lipinski definition) is 3. The van der Waals surface area contributed by atoms with Gasteiger partial charge in [0.1, 0.15) is 5.54 Å². The van der Waals surface area contributed by atoms with Crippen LogP contribution in [-0.2, 0) is 17.9 Å². The van der Waals surface area contributed by atoms with Crippen LogP contribution in [0.25, 0.3) is 0 Å². The van der Waals surface area contributed by atoms with Crippen molar-refractivity contribution in [1.29, 1.82) is 0 Å². The second-order valence-corrected chi connectivity index (χ2v) is 5.99. The van der Waals surface area contributed by atoms with Crippen molar-refractivity contribution in [3.05, 3.63) is 35.4 Å². The number of carbonyl (C=O) groups is 1. The maximum atomic E-state index is 11.6. The standard InChI is InChI=1S/C16H22N2O2/c1-2-17-16(15(19)20)8-7-14(9-16)18-10-12-5-3-4-6-13(12)11-18/h3-6,14,17H,2,7-11H2,1H3,(H,19,20). The van der Waals surface area contributed by atoms with Crippen molar-refractivity contribution < 1.29 is 9.90 Å². The Labute approximate surface area is 119 Å². The van der Waals surface area contributed by atoms with Crippen molar-refractivity contribution in [1.82, 2.24) is 10.2 Å². The van der Waals surface area contributed by atoms with Gasteiger partial charge in [-0.15, -0.1) is 0 Å². The molecular weight excluding hydrogens is 252 g/mol. The predicted octanol–water partition coefficient (Wildman–Crippen LogP) is 1.99. The minimum Gasteiger partial charge on any atom is -0.480 e. The van der Waals surface area contributed by atoms with Gasteiger partial charge in [-0.25, -0.2) is 0 Å². The van der Waals surface area contributed by atoms with Crippen molar-refractivity contribution in [2.24, 2.45) is 0 Å². The van der Waals surface area contributed by atoms with E-state index in [1.165, 1.54) is 11.1 Å². The Morgan fingerprint density at radius 2 is 2.05 bits per heavy atom. The van der Waals surface area contributed by atoms with E-state index in [2.05, 4.69) is 34.5 Å². The third kappa shape index (κ3) is 2.23. The summed E-state index contributed by atoms with van der Waals surface area (Å²) in [4.78, 5) is 14.0. The summed E-state index contributed by atoms with van der Waals surface area (Å²) >= 11 is 0. The molecular formula is C16H22N2O2. The first-order valence-electron chi connectivity index (χ1n) is 7.44. The minimum atomic E-state index is -0.714. The number of rotatable bonds is 4. The molecule has 108 valence electrons. The van der Waals surface area contributed by atoms with Gasteiger partial charge in [0.2, 0.25) is 0 Å². The molecule has 1 fully saturated rings. The molecule has 2 aliphatic rings. The number of fused-ring (bicyclic) bond motifs is 1. The van der Waals surface area contributed by atoms with Crippen LogP contribution in [-0.4, -0.2) is 34.1 Å². The van der Waals surface area contributed by atoms with Gasteiger partial charge in [0, 0.05) is 19.1 Å². The second kappa shape index (κ2) is 5.19. The molecule has 0 bridgehead atoms. The highest BCUT2D eigenvalue weighted by Crippen LogP contribution is 2.37. The SMILES string of the molecule is CCNC1(C(=O)O)CCC(N2Cc3ccccc3C2)C1. The summed E-state index contributed by atoms with van der Waals surface area (Å²) in [5.41, 5.74) is 2.07. The van der Waals surface area contributed by atoms with E-state index in [0.717, 1.165) is 25.9 Å². The van der Waals surface area contributed by atoms with Crippen LogP contribution in [0.15, 0.2) is 24.3 Å². The van der Waals surface area contributed by atoms with Gasteiger partial charge in [-0.3, -0.25) is 9.69 Å². The molecule has 0 aromatic heterocycles. The van der Waals surface area contributed by atoms with Gasteiger partial charge in [-0.1, -0.05) is 31.2 Å². The second-order valence-electron chi connectivity index (χ2n) is 5.99. The number of hydrogen-bond donors (Lipinski definition) is 2. The number of nitrogens with zero attached hydrogens (tertiary/aromatic N) is 1. The Kier molecular flexibility index (Phi) is 3.52. The summed E-state index contributed by atoms with van der Waals surface area (Å²) < 4.78 is 0. The van der Waals surface area contributed by atoms with Crippen LogP contribution in [0.1, 0.15) is 37.3 Å². The van der Waals surface area contributed by atoms with Crippen LogP contribution in [0.5, 0.6) is 0 Å². The molecule has 0 amide bonds. The molecule has 1 aliphatic heterocycles. The highest BCUT2D eigenvalue weighted by molar-refractivity contribution is 5.79. The molecule has 20 heavy (non-hydrogen) atoms. The number of carboxylic acids is 1. The molecule has 0 radical (unpaired) electrons. The van der Waals surface area contributed by atoms with Crippen LogP contribution in [0.4, 0.5) is 0 Å². The van der Waals surface area contributed by atoms with Gasteiger partial charge >= 0.3 is 5.97 Å². The number of likely N-dealkylation sites (N-methyl/N-ethyl adjacent to an activating group) is 1. The molecule has 1 saturated carbocycles. The maximum Gasteiger partial charge on any atom is 0.323 e. The van der Waals surface area contributed by atoms with Crippen LogP contribution >= 0.6 is 0 Å². The highest BCUT2D eigenvalue weighted by Gasteiger charge is 2.47. The van der Waals surface area contributed by atoms with E-state index in [1.807, 2.05) is 6.92 Å². The third-order valence-electron chi connectivity index (χ3n) is 4.79. The van der Waals surface area contributed by atoms with Crippen LogP contribution in [0.2, 0.25) is 0 Å². The van der Waals surface area contributed by atoms with Crippen molar-refractivity contribution in [2.75, 3.05) is 6.54 Å². The molecule has 0 saturated heterocycles. The van der Waals surface area contributed by atoms with E-state index in [0.29, 0.717) is 19.0 Å². The zero-order chi connectivity index (χ0) is 14.2. The minimum absolute atomic E-state index is 0.373. The lowest BCUT2D eigenvalue weighted by atomic mass is 9.97. The fourth-order valence-corrected chi connectivity index (χ4v) is 3.72. The zero-order valence-corrected chi connectivity index (χ0v) is 11.9. The third-order valence-corrected chi connectivity index (χ3v) is 4.79. The molecule has 0 spiro atoms. The molecule has 1 heterocycles. The lowest BCUT2D eigenvalue weighted by Gasteiger charge is -2.28. The van der Waals surface area contributed by atoms with Gasteiger partial charge in [0.25, 0.3) is 0 Å². The first kappa shape index (κ1) is 13.6. The normalized spacial score (nSPS) is 29.6. The molecule has 1 aromatic rings. The number of nitrogens with one attached hydrogen (secondary N) is 1. The summed E-state index contributed by atoms with van der Waals surface area (Å²) in [5.74, 6) is -0.696. The summed E-state index contributed by atoms with van der Waals surface area (Å²) in [6, 6.07) is 8.89. The average Bonchev–Trinajstić information content (AvgIpc) is 3.03. The van der Waals surface area contributed by atoms with Crippen LogP contribution in [0.3, 0.4) is 0 Å². The zero-order valence-electron chi connectivity index (χ0n) is 11.9. The Hall–Kier alpha value is -1.39. The highest BCUT2D eigenvalue weighted by atomic mass is 16.4. The molecule has 3 rings (SSSR count).